The summed E-state index contributed by atoms with van der Waals surface area (Å²) >= 11 is 0. The third-order valence-corrected chi connectivity index (χ3v) is 7.88. The minimum atomic E-state index is 0.551. The third kappa shape index (κ3) is 6.47. The lowest BCUT2D eigenvalue weighted by molar-refractivity contribution is 0.119. The number of likely N-dealkylation sites (tertiary alicyclic amines) is 2. The highest BCUT2D eigenvalue weighted by atomic mass is 16.4. The number of nitrogens with zero attached hydrogens (tertiary/aromatic N) is 4. The molecule has 0 aromatic carbocycles. The van der Waals surface area contributed by atoms with Gasteiger partial charge in [0.05, 0.1) is 12.2 Å². The lowest BCUT2D eigenvalue weighted by atomic mass is 9.92. The first-order valence-corrected chi connectivity index (χ1v) is 13.0. The van der Waals surface area contributed by atoms with Crippen molar-refractivity contribution in [2.24, 2.45) is 10.9 Å². The Morgan fingerprint density at radius 3 is 2.34 bits per heavy atom. The molecule has 7 heteroatoms. The van der Waals surface area contributed by atoms with Gasteiger partial charge >= 0.3 is 0 Å². The van der Waals surface area contributed by atoms with Crippen molar-refractivity contribution < 1.29 is 4.42 Å². The number of guanidine groups is 1. The molecule has 0 radical (unpaired) electrons. The number of rotatable bonds is 6. The van der Waals surface area contributed by atoms with Crippen molar-refractivity contribution in [2.75, 3.05) is 39.8 Å². The van der Waals surface area contributed by atoms with Gasteiger partial charge in [0.2, 0.25) is 5.89 Å². The predicted molar refractivity (Wildman–Crippen MR) is 130 cm³/mol. The molecule has 0 unspecified atom stereocenters. The van der Waals surface area contributed by atoms with Gasteiger partial charge in [0, 0.05) is 38.8 Å². The zero-order valence-corrected chi connectivity index (χ0v) is 20.5. The van der Waals surface area contributed by atoms with E-state index in [1.54, 1.807) is 0 Å². The van der Waals surface area contributed by atoms with Crippen molar-refractivity contribution in [2.45, 2.75) is 90.3 Å². The van der Waals surface area contributed by atoms with Crippen LogP contribution in [-0.2, 0) is 6.54 Å². The number of oxazole rings is 1. The minimum absolute atomic E-state index is 0.551. The molecule has 180 valence electrons. The maximum atomic E-state index is 5.76. The molecule has 3 aliphatic rings. The van der Waals surface area contributed by atoms with E-state index in [9.17, 15) is 0 Å². The van der Waals surface area contributed by atoms with Crippen molar-refractivity contribution in [3.05, 3.63) is 17.3 Å². The standard InChI is InChI=1S/C25H44N6O/c1-19-20(2)32-24(28-19)18-30-13-9-21(10-14-30)17-27-25(26-3)29-22-11-15-31(16-12-22)23-7-5-4-6-8-23/h21-23H,4-18H2,1-3H3,(H2,26,27,29). The number of hydrogen-bond donors (Lipinski definition) is 2. The first kappa shape index (κ1) is 23.6. The molecule has 3 fully saturated rings. The second-order valence-corrected chi connectivity index (χ2v) is 10.2. The molecule has 4 rings (SSSR count). The van der Waals surface area contributed by atoms with Gasteiger partial charge in [-0.3, -0.25) is 9.89 Å². The van der Waals surface area contributed by atoms with E-state index < -0.39 is 0 Å². The summed E-state index contributed by atoms with van der Waals surface area (Å²) in [5.41, 5.74) is 1.01. The van der Waals surface area contributed by atoms with E-state index in [4.69, 9.17) is 4.42 Å². The lowest BCUT2D eigenvalue weighted by Crippen LogP contribution is -2.51. The highest BCUT2D eigenvalue weighted by Gasteiger charge is 2.27. The summed E-state index contributed by atoms with van der Waals surface area (Å²) in [6, 6.07) is 1.40. The third-order valence-electron chi connectivity index (χ3n) is 7.88. The number of aromatic nitrogens is 1. The predicted octanol–water partition coefficient (Wildman–Crippen LogP) is 3.47. The van der Waals surface area contributed by atoms with Crippen molar-refractivity contribution in [1.29, 1.82) is 0 Å². The van der Waals surface area contributed by atoms with Gasteiger partial charge in [0.15, 0.2) is 5.96 Å². The Balaban J connectivity index is 1.12. The fourth-order valence-corrected chi connectivity index (χ4v) is 5.63. The van der Waals surface area contributed by atoms with E-state index in [0.717, 1.165) is 55.5 Å². The maximum absolute atomic E-state index is 5.76. The zero-order chi connectivity index (χ0) is 22.3. The topological polar surface area (TPSA) is 68.9 Å². The maximum Gasteiger partial charge on any atom is 0.208 e. The average Bonchev–Trinajstić information content (AvgIpc) is 3.15. The van der Waals surface area contributed by atoms with Gasteiger partial charge in [0.25, 0.3) is 0 Å². The van der Waals surface area contributed by atoms with E-state index >= 15 is 0 Å². The summed E-state index contributed by atoms with van der Waals surface area (Å²) in [5.74, 6) is 3.48. The van der Waals surface area contributed by atoms with Crippen LogP contribution in [0, 0.1) is 19.8 Å². The Morgan fingerprint density at radius 2 is 1.72 bits per heavy atom. The van der Waals surface area contributed by atoms with Crippen LogP contribution in [0.2, 0.25) is 0 Å². The molecule has 2 saturated heterocycles. The lowest BCUT2D eigenvalue weighted by Gasteiger charge is -2.39. The fourth-order valence-electron chi connectivity index (χ4n) is 5.63. The van der Waals surface area contributed by atoms with Crippen molar-refractivity contribution in [3.63, 3.8) is 0 Å². The van der Waals surface area contributed by atoms with Gasteiger partial charge < -0.3 is 20.0 Å². The van der Waals surface area contributed by atoms with Gasteiger partial charge in [-0.1, -0.05) is 19.3 Å². The number of hydrogen-bond acceptors (Lipinski definition) is 5. The monoisotopic (exact) mass is 444 g/mol. The molecule has 2 N–H and O–H groups in total. The van der Waals surface area contributed by atoms with Crippen LogP contribution in [0.25, 0.3) is 0 Å². The van der Waals surface area contributed by atoms with Crippen LogP contribution in [-0.4, -0.2) is 72.6 Å². The highest BCUT2D eigenvalue weighted by Crippen LogP contribution is 2.25. The molecule has 1 aromatic rings. The van der Waals surface area contributed by atoms with Crippen LogP contribution >= 0.6 is 0 Å². The van der Waals surface area contributed by atoms with Crippen LogP contribution in [0.15, 0.2) is 9.41 Å². The second-order valence-electron chi connectivity index (χ2n) is 10.2. The number of piperidine rings is 2. The van der Waals surface area contributed by atoms with E-state index in [2.05, 4.69) is 30.4 Å². The molecule has 0 atom stereocenters. The molecule has 2 aliphatic heterocycles. The molecule has 0 spiro atoms. The van der Waals surface area contributed by atoms with E-state index in [1.165, 1.54) is 70.9 Å². The molecular formula is C25H44N6O. The van der Waals surface area contributed by atoms with Crippen molar-refractivity contribution in [3.8, 4) is 0 Å². The zero-order valence-electron chi connectivity index (χ0n) is 20.5. The molecule has 32 heavy (non-hydrogen) atoms. The summed E-state index contributed by atoms with van der Waals surface area (Å²) in [4.78, 5) is 14.3. The van der Waals surface area contributed by atoms with Crippen molar-refractivity contribution >= 4 is 5.96 Å². The van der Waals surface area contributed by atoms with Crippen LogP contribution in [0.3, 0.4) is 0 Å². The molecule has 0 bridgehead atoms. The number of aryl methyl sites for hydroxylation is 2. The van der Waals surface area contributed by atoms with E-state index in [0.29, 0.717) is 12.0 Å². The second kappa shape index (κ2) is 11.5. The fraction of sp³-hybridized carbons (Fsp3) is 0.840. The summed E-state index contributed by atoms with van der Waals surface area (Å²) in [6.45, 7) is 10.5. The molecule has 0 amide bonds. The van der Waals surface area contributed by atoms with Crippen LogP contribution in [0.5, 0.6) is 0 Å². The van der Waals surface area contributed by atoms with Gasteiger partial charge in [-0.15, -0.1) is 0 Å². The van der Waals surface area contributed by atoms with Gasteiger partial charge in [-0.25, -0.2) is 4.98 Å². The van der Waals surface area contributed by atoms with Crippen molar-refractivity contribution in [1.82, 2.24) is 25.4 Å². The van der Waals surface area contributed by atoms with E-state index in [-0.39, 0.29) is 0 Å². The summed E-state index contributed by atoms with van der Waals surface area (Å²) in [7, 11) is 1.90. The molecule has 3 heterocycles. The van der Waals surface area contributed by atoms with Gasteiger partial charge in [-0.2, -0.15) is 0 Å². The van der Waals surface area contributed by atoms with E-state index in [1.807, 2.05) is 20.9 Å². The number of aliphatic imine (C=N–C) groups is 1. The van der Waals surface area contributed by atoms with Gasteiger partial charge in [0.1, 0.15) is 5.76 Å². The Bertz CT molecular complexity index is 705. The number of nitrogens with one attached hydrogen (secondary N) is 2. The first-order valence-electron chi connectivity index (χ1n) is 13.0. The Kier molecular flexibility index (Phi) is 8.47. The summed E-state index contributed by atoms with van der Waals surface area (Å²) < 4.78 is 5.76. The SMILES string of the molecule is CN=C(NCC1CCN(Cc2nc(C)c(C)o2)CC1)NC1CCN(C2CCCCC2)CC1. The van der Waals surface area contributed by atoms with Gasteiger partial charge in [-0.05, 0) is 71.4 Å². The highest BCUT2D eigenvalue weighted by molar-refractivity contribution is 5.79. The quantitative estimate of drug-likeness (QED) is 0.517. The van der Waals surface area contributed by atoms with Crippen LogP contribution in [0.1, 0.15) is 75.1 Å². The minimum Gasteiger partial charge on any atom is -0.444 e. The Hall–Kier alpha value is -1.60. The molecule has 7 nitrogen and oxygen atoms in total. The largest absolute Gasteiger partial charge is 0.444 e. The molecule has 1 aliphatic carbocycles. The Morgan fingerprint density at radius 1 is 1.00 bits per heavy atom. The molecule has 1 aromatic heterocycles. The van der Waals surface area contributed by atoms with Crippen LogP contribution in [0.4, 0.5) is 0 Å². The normalized spacial score (nSPS) is 23.5. The Labute approximate surface area is 194 Å². The summed E-state index contributed by atoms with van der Waals surface area (Å²) in [5, 5.41) is 7.31. The average molecular weight is 445 g/mol. The van der Waals surface area contributed by atoms with Crippen LogP contribution < -0.4 is 10.6 Å². The summed E-state index contributed by atoms with van der Waals surface area (Å²) in [6.07, 6.45) is 12.0. The molecular weight excluding hydrogens is 400 g/mol. The first-order chi connectivity index (χ1) is 15.6. The molecule has 1 saturated carbocycles. The smallest absolute Gasteiger partial charge is 0.208 e.